The Labute approximate surface area is 73.9 Å². The largest absolute Gasteiger partial charge is 0.478 e. The molecule has 0 unspecified atom stereocenters. The number of carboxylic acids is 1. The summed E-state index contributed by atoms with van der Waals surface area (Å²) < 4.78 is 0. The van der Waals surface area contributed by atoms with Gasteiger partial charge in [-0.1, -0.05) is 0 Å². The highest BCUT2D eigenvalue weighted by atomic mass is 16.5. The number of anilines is 2. The van der Waals surface area contributed by atoms with Crippen LogP contribution < -0.4 is 16.7 Å². The smallest absolute Gasteiger partial charge is 0.335 e. The van der Waals surface area contributed by atoms with Crippen LogP contribution in [0.5, 0.6) is 0 Å². The summed E-state index contributed by atoms with van der Waals surface area (Å²) in [5.74, 6) is 3.92. The number of carboxylic acid groups (broad SMARTS) is 1. The van der Waals surface area contributed by atoms with Crippen LogP contribution in [0.3, 0.4) is 0 Å². The van der Waals surface area contributed by atoms with Crippen molar-refractivity contribution in [3.63, 3.8) is 0 Å². The average Bonchev–Trinajstić information content (AvgIpc) is 2.03. The van der Waals surface area contributed by atoms with Gasteiger partial charge in [-0.2, -0.15) is 5.17 Å². The van der Waals surface area contributed by atoms with Crippen LogP contribution in [0, 0.1) is 0 Å². The summed E-state index contributed by atoms with van der Waals surface area (Å²) in [6, 6.07) is 3.83. The van der Waals surface area contributed by atoms with Gasteiger partial charge < -0.3 is 10.8 Å². The molecule has 70 valence electrons. The third-order valence-electron chi connectivity index (χ3n) is 1.52. The molecule has 0 aliphatic carbocycles. The minimum Gasteiger partial charge on any atom is -0.478 e. The number of rotatable bonds is 2. The molecular formula is C7H9N3O3. The molecule has 0 saturated carbocycles. The van der Waals surface area contributed by atoms with Crippen LogP contribution in [0.15, 0.2) is 18.2 Å². The first-order valence-corrected chi connectivity index (χ1v) is 3.39. The van der Waals surface area contributed by atoms with E-state index in [1.54, 1.807) is 0 Å². The van der Waals surface area contributed by atoms with Gasteiger partial charge in [0, 0.05) is 0 Å². The van der Waals surface area contributed by atoms with Crippen LogP contribution in [-0.2, 0) is 0 Å². The fraction of sp³-hybridized carbons (Fsp3) is 0. The number of carbonyl (C=O) groups is 1. The van der Waals surface area contributed by atoms with E-state index in [0.717, 1.165) is 0 Å². The molecule has 0 heterocycles. The van der Waals surface area contributed by atoms with Crippen LogP contribution in [-0.4, -0.2) is 16.3 Å². The first-order chi connectivity index (χ1) is 6.02. The second-order valence-corrected chi connectivity index (χ2v) is 2.42. The van der Waals surface area contributed by atoms with Crippen LogP contribution in [0.25, 0.3) is 0 Å². The van der Waals surface area contributed by atoms with Crippen molar-refractivity contribution in [2.24, 2.45) is 5.84 Å². The van der Waals surface area contributed by atoms with Crippen molar-refractivity contribution in [3.05, 3.63) is 23.8 Å². The second-order valence-electron chi connectivity index (χ2n) is 2.42. The average molecular weight is 183 g/mol. The first-order valence-electron chi connectivity index (χ1n) is 3.39. The molecule has 0 aromatic heterocycles. The molecule has 1 rings (SSSR count). The molecule has 0 atom stereocenters. The van der Waals surface area contributed by atoms with Gasteiger partial charge in [0.2, 0.25) is 0 Å². The van der Waals surface area contributed by atoms with Crippen molar-refractivity contribution in [2.75, 3.05) is 10.9 Å². The predicted octanol–water partition coefficient (Wildman–Crippen LogP) is 0.0363. The maximum Gasteiger partial charge on any atom is 0.335 e. The van der Waals surface area contributed by atoms with E-state index in [1.807, 2.05) is 0 Å². The maximum atomic E-state index is 10.5. The zero-order valence-electron chi connectivity index (χ0n) is 6.64. The molecule has 0 aliphatic rings. The maximum absolute atomic E-state index is 10.5. The Morgan fingerprint density at radius 1 is 1.46 bits per heavy atom. The van der Waals surface area contributed by atoms with E-state index >= 15 is 0 Å². The van der Waals surface area contributed by atoms with Gasteiger partial charge in [-0.05, 0) is 18.2 Å². The number of benzene rings is 1. The molecule has 0 amide bonds. The van der Waals surface area contributed by atoms with Crippen molar-refractivity contribution in [3.8, 4) is 0 Å². The van der Waals surface area contributed by atoms with Crippen molar-refractivity contribution in [2.45, 2.75) is 0 Å². The summed E-state index contributed by atoms with van der Waals surface area (Å²) in [6.07, 6.45) is 0. The third kappa shape index (κ3) is 1.86. The third-order valence-corrected chi connectivity index (χ3v) is 1.52. The van der Waals surface area contributed by atoms with E-state index in [-0.39, 0.29) is 16.9 Å². The summed E-state index contributed by atoms with van der Waals surface area (Å²) >= 11 is 0. The fourth-order valence-corrected chi connectivity index (χ4v) is 0.896. The van der Waals surface area contributed by atoms with Crippen molar-refractivity contribution in [1.82, 2.24) is 0 Å². The first kappa shape index (κ1) is 9.30. The fourth-order valence-electron chi connectivity index (χ4n) is 0.896. The highest BCUT2D eigenvalue weighted by Crippen LogP contribution is 2.21. The normalized spacial score (nSPS) is 9.69. The lowest BCUT2D eigenvalue weighted by molar-refractivity contribution is 0.0697. The summed E-state index contributed by atoms with van der Waals surface area (Å²) in [5.41, 5.74) is 5.72. The molecule has 6 N–H and O–H groups in total. The monoisotopic (exact) mass is 183 g/mol. The summed E-state index contributed by atoms with van der Waals surface area (Å²) in [7, 11) is 0. The minimum atomic E-state index is -1.08. The number of nitrogens with zero attached hydrogens (tertiary/aromatic N) is 1. The van der Waals surface area contributed by atoms with E-state index in [4.69, 9.17) is 21.9 Å². The standard InChI is InChI=1S/C7H9N3O3/c8-5-3-4(7(11)12)1-2-6(5)10(9)13/h1-3,13H,8-9H2,(H,11,12). The van der Waals surface area contributed by atoms with Gasteiger partial charge in [-0.25, -0.2) is 10.6 Å². The molecule has 6 heteroatoms. The number of hydrazine groups is 1. The molecule has 0 radical (unpaired) electrons. The van der Waals surface area contributed by atoms with Gasteiger partial charge >= 0.3 is 5.97 Å². The van der Waals surface area contributed by atoms with E-state index in [1.165, 1.54) is 18.2 Å². The molecule has 0 fully saturated rings. The zero-order valence-corrected chi connectivity index (χ0v) is 6.64. The lowest BCUT2D eigenvalue weighted by Crippen LogP contribution is -2.26. The Balaban J connectivity index is 3.13. The topological polar surface area (TPSA) is 113 Å². The van der Waals surface area contributed by atoms with Crippen LogP contribution in [0.1, 0.15) is 10.4 Å². The predicted molar refractivity (Wildman–Crippen MR) is 46.3 cm³/mol. The highest BCUT2D eigenvalue weighted by Gasteiger charge is 2.07. The summed E-state index contributed by atoms with van der Waals surface area (Å²) in [4.78, 5) is 10.5. The molecule has 6 nitrogen and oxygen atoms in total. The quantitative estimate of drug-likeness (QED) is 0.292. The van der Waals surface area contributed by atoms with E-state index in [2.05, 4.69) is 0 Å². The number of hydrogen-bond acceptors (Lipinski definition) is 5. The SMILES string of the molecule is Nc1cc(C(=O)O)ccc1N(N)O. The van der Waals surface area contributed by atoms with Gasteiger partial charge in [0.1, 0.15) is 5.69 Å². The molecule has 0 bridgehead atoms. The lowest BCUT2D eigenvalue weighted by Gasteiger charge is -2.12. The number of nitrogen functional groups attached to an aromatic ring is 1. The zero-order chi connectivity index (χ0) is 10.0. The van der Waals surface area contributed by atoms with E-state index < -0.39 is 5.97 Å². The van der Waals surface area contributed by atoms with Gasteiger partial charge in [0.05, 0.1) is 11.3 Å². The van der Waals surface area contributed by atoms with Crippen molar-refractivity contribution in [1.29, 1.82) is 0 Å². The van der Waals surface area contributed by atoms with E-state index in [9.17, 15) is 4.79 Å². The molecular weight excluding hydrogens is 174 g/mol. The highest BCUT2D eigenvalue weighted by molar-refractivity contribution is 5.90. The molecule has 0 spiro atoms. The van der Waals surface area contributed by atoms with Crippen LogP contribution >= 0.6 is 0 Å². The molecule has 1 aromatic carbocycles. The summed E-state index contributed by atoms with van der Waals surface area (Å²) in [6.45, 7) is 0. The molecule has 0 aliphatic heterocycles. The minimum absolute atomic E-state index is 0.0445. The van der Waals surface area contributed by atoms with Crippen LogP contribution in [0.4, 0.5) is 11.4 Å². The Bertz CT molecular complexity index is 338. The molecule has 13 heavy (non-hydrogen) atoms. The number of aromatic carboxylic acids is 1. The number of hydrogen-bond donors (Lipinski definition) is 4. The van der Waals surface area contributed by atoms with Gasteiger partial charge in [-0.3, -0.25) is 5.21 Å². The number of nitrogens with two attached hydrogens (primary N) is 2. The summed E-state index contributed by atoms with van der Waals surface area (Å²) in [5, 5.41) is 17.7. The van der Waals surface area contributed by atoms with Crippen molar-refractivity contribution >= 4 is 17.3 Å². The van der Waals surface area contributed by atoms with Gasteiger partial charge in [0.15, 0.2) is 0 Å². The van der Waals surface area contributed by atoms with Crippen molar-refractivity contribution < 1.29 is 15.1 Å². The molecule has 0 saturated heterocycles. The Morgan fingerprint density at radius 2 is 2.08 bits per heavy atom. The lowest BCUT2D eigenvalue weighted by atomic mass is 10.2. The molecule has 1 aromatic rings. The Kier molecular flexibility index (Phi) is 2.36. The van der Waals surface area contributed by atoms with Crippen LogP contribution in [0.2, 0.25) is 0 Å². The van der Waals surface area contributed by atoms with Gasteiger partial charge in [-0.15, -0.1) is 0 Å². The van der Waals surface area contributed by atoms with Gasteiger partial charge in [0.25, 0.3) is 0 Å². The Morgan fingerprint density at radius 3 is 2.46 bits per heavy atom. The second kappa shape index (κ2) is 3.30. The van der Waals surface area contributed by atoms with E-state index in [0.29, 0.717) is 5.17 Å². The Hall–Kier alpha value is -1.79.